The molecule has 1 aromatic heterocycles. The number of amides is 3. The summed E-state index contributed by atoms with van der Waals surface area (Å²) in [6.45, 7) is 2.23. The molecule has 2 aliphatic rings. The van der Waals surface area contributed by atoms with Crippen LogP contribution in [-0.2, 0) is 35.5 Å². The van der Waals surface area contributed by atoms with E-state index in [0.717, 1.165) is 22.4 Å². The fourth-order valence-corrected chi connectivity index (χ4v) is 4.84. The van der Waals surface area contributed by atoms with Gasteiger partial charge in [-0.15, -0.1) is 0 Å². The van der Waals surface area contributed by atoms with Crippen molar-refractivity contribution < 1.29 is 14.4 Å². The van der Waals surface area contributed by atoms with Crippen LogP contribution >= 0.6 is 11.6 Å². The van der Waals surface area contributed by atoms with Gasteiger partial charge in [0.2, 0.25) is 11.8 Å². The first-order valence-electron chi connectivity index (χ1n) is 11.7. The molecule has 0 bridgehead atoms. The Bertz CT molecular complexity index is 1270. The average Bonchev–Trinajstić information content (AvgIpc) is 3.23. The lowest BCUT2D eigenvalue weighted by Crippen LogP contribution is -2.50. The summed E-state index contributed by atoms with van der Waals surface area (Å²) >= 11 is 6.27. The van der Waals surface area contributed by atoms with E-state index in [1.54, 1.807) is 11.0 Å². The molecule has 0 radical (unpaired) electrons. The van der Waals surface area contributed by atoms with Gasteiger partial charge in [-0.25, -0.2) is 0 Å². The third kappa shape index (κ3) is 4.93. The van der Waals surface area contributed by atoms with Gasteiger partial charge in [-0.2, -0.15) is 5.10 Å². The Morgan fingerprint density at radius 2 is 1.74 bits per heavy atom. The molecule has 180 valence electrons. The van der Waals surface area contributed by atoms with E-state index >= 15 is 0 Å². The molecule has 3 heterocycles. The van der Waals surface area contributed by atoms with E-state index in [4.69, 9.17) is 16.7 Å². The molecule has 3 amide bonds. The quantitative estimate of drug-likeness (QED) is 0.593. The lowest BCUT2D eigenvalue weighted by atomic mass is 10.0. The third-order valence-corrected chi connectivity index (χ3v) is 6.86. The molecule has 1 saturated heterocycles. The molecule has 3 aromatic rings. The molecule has 0 spiro atoms. The van der Waals surface area contributed by atoms with E-state index in [0.29, 0.717) is 49.9 Å². The van der Waals surface area contributed by atoms with Crippen LogP contribution in [0.15, 0.2) is 54.6 Å². The molecule has 1 fully saturated rings. The van der Waals surface area contributed by atoms with E-state index in [1.165, 1.54) is 4.90 Å². The fraction of sp³-hybridized carbons (Fsp3) is 0.308. The number of halogens is 1. The maximum Gasteiger partial charge on any atom is 0.275 e. The summed E-state index contributed by atoms with van der Waals surface area (Å²) in [4.78, 5) is 41.8. The molecule has 0 aliphatic carbocycles. The molecule has 9 heteroatoms. The lowest BCUT2D eigenvalue weighted by molar-refractivity contribution is -0.131. The van der Waals surface area contributed by atoms with Crippen LogP contribution in [0, 0.1) is 0 Å². The van der Waals surface area contributed by atoms with E-state index in [1.807, 2.05) is 53.2 Å². The minimum Gasteiger partial charge on any atom is -0.353 e. The van der Waals surface area contributed by atoms with Crippen molar-refractivity contribution in [3.8, 4) is 0 Å². The molecule has 0 unspecified atom stereocenters. The molecule has 1 N–H and O–H groups in total. The molecule has 2 aliphatic heterocycles. The van der Waals surface area contributed by atoms with Crippen molar-refractivity contribution in [2.24, 2.45) is 0 Å². The van der Waals surface area contributed by atoms with Crippen molar-refractivity contribution in [2.75, 3.05) is 26.2 Å². The van der Waals surface area contributed by atoms with Crippen LogP contribution in [0.3, 0.4) is 0 Å². The Morgan fingerprint density at radius 1 is 0.971 bits per heavy atom. The summed E-state index contributed by atoms with van der Waals surface area (Å²) in [6, 6.07) is 17.3. The van der Waals surface area contributed by atoms with E-state index in [9.17, 15) is 14.4 Å². The number of piperazine rings is 1. The minimum atomic E-state index is -0.275. The number of hydrogen-bond donors (Lipinski definition) is 1. The highest BCUT2D eigenvalue weighted by Gasteiger charge is 2.33. The van der Waals surface area contributed by atoms with Crippen molar-refractivity contribution in [2.45, 2.75) is 25.9 Å². The van der Waals surface area contributed by atoms with Crippen molar-refractivity contribution >= 4 is 29.3 Å². The molecular weight excluding hydrogens is 466 g/mol. The van der Waals surface area contributed by atoms with Gasteiger partial charge < -0.3 is 15.1 Å². The van der Waals surface area contributed by atoms with Crippen LogP contribution in [0.1, 0.15) is 32.9 Å². The maximum absolute atomic E-state index is 13.4. The smallest absolute Gasteiger partial charge is 0.275 e. The van der Waals surface area contributed by atoms with Gasteiger partial charge in [0.25, 0.3) is 5.91 Å². The topological polar surface area (TPSA) is 87.5 Å². The highest BCUT2D eigenvalue weighted by molar-refractivity contribution is 6.31. The summed E-state index contributed by atoms with van der Waals surface area (Å²) in [5.74, 6) is -0.502. The minimum absolute atomic E-state index is 0.00824. The Labute approximate surface area is 208 Å². The predicted molar refractivity (Wildman–Crippen MR) is 131 cm³/mol. The molecule has 35 heavy (non-hydrogen) atoms. The van der Waals surface area contributed by atoms with Gasteiger partial charge >= 0.3 is 0 Å². The standard InChI is InChI=1S/C26H26ClN5O3/c27-21-9-5-4-8-19(21)14-24(34)30-12-10-22-20(16-30)25(26(35)31-13-11-28-23(33)17-31)29-32(22)15-18-6-2-1-3-7-18/h1-9H,10-17H2,(H,28,33). The zero-order chi connectivity index (χ0) is 24.4. The first-order chi connectivity index (χ1) is 17.0. The zero-order valence-electron chi connectivity index (χ0n) is 19.2. The normalized spacial score (nSPS) is 15.5. The van der Waals surface area contributed by atoms with Crippen molar-refractivity contribution in [3.05, 3.63) is 87.7 Å². The summed E-state index contributed by atoms with van der Waals surface area (Å²) in [7, 11) is 0. The van der Waals surface area contributed by atoms with Crippen LogP contribution < -0.4 is 5.32 Å². The van der Waals surface area contributed by atoms with Gasteiger partial charge in [-0.05, 0) is 17.2 Å². The van der Waals surface area contributed by atoms with Crippen molar-refractivity contribution in [1.29, 1.82) is 0 Å². The van der Waals surface area contributed by atoms with E-state index < -0.39 is 0 Å². The Balaban J connectivity index is 1.44. The van der Waals surface area contributed by atoms with Crippen LogP contribution in [-0.4, -0.2) is 63.5 Å². The van der Waals surface area contributed by atoms with Crippen LogP contribution in [0.4, 0.5) is 0 Å². The van der Waals surface area contributed by atoms with Gasteiger partial charge in [-0.1, -0.05) is 60.1 Å². The number of nitrogens with zero attached hydrogens (tertiary/aromatic N) is 4. The predicted octanol–water partition coefficient (Wildman–Crippen LogP) is 2.28. The molecule has 0 saturated carbocycles. The number of fused-ring (bicyclic) bond motifs is 1. The summed E-state index contributed by atoms with van der Waals surface area (Å²) < 4.78 is 1.87. The molecule has 2 aromatic carbocycles. The van der Waals surface area contributed by atoms with Gasteiger partial charge in [0.05, 0.1) is 19.5 Å². The SMILES string of the molecule is O=C1CN(C(=O)c2nn(Cc3ccccc3)c3c2CN(C(=O)Cc2ccccc2Cl)CC3)CCN1. The fourth-order valence-electron chi connectivity index (χ4n) is 4.64. The van der Waals surface area contributed by atoms with Crippen LogP contribution in [0.25, 0.3) is 0 Å². The Hall–Kier alpha value is -3.65. The number of carbonyl (C=O) groups excluding carboxylic acids is 3. The number of hydrogen-bond acceptors (Lipinski definition) is 4. The molecular formula is C26H26ClN5O3. The number of benzene rings is 2. The summed E-state index contributed by atoms with van der Waals surface area (Å²) in [6.07, 6.45) is 0.792. The zero-order valence-corrected chi connectivity index (χ0v) is 20.0. The number of nitrogens with one attached hydrogen (secondary N) is 1. The summed E-state index contributed by atoms with van der Waals surface area (Å²) in [5.41, 5.74) is 3.89. The number of carbonyl (C=O) groups is 3. The number of rotatable bonds is 5. The van der Waals surface area contributed by atoms with Gasteiger partial charge in [-0.3, -0.25) is 19.1 Å². The Morgan fingerprint density at radius 3 is 2.51 bits per heavy atom. The third-order valence-electron chi connectivity index (χ3n) is 6.49. The first kappa shape index (κ1) is 23.1. The number of aromatic nitrogens is 2. The second-order valence-corrected chi connectivity index (χ2v) is 9.23. The van der Waals surface area contributed by atoms with Gasteiger partial charge in [0.15, 0.2) is 5.69 Å². The largest absolute Gasteiger partial charge is 0.353 e. The summed E-state index contributed by atoms with van der Waals surface area (Å²) in [5, 5.41) is 8.02. The van der Waals surface area contributed by atoms with Crippen LogP contribution in [0.2, 0.25) is 5.02 Å². The average molecular weight is 492 g/mol. The van der Waals surface area contributed by atoms with E-state index in [2.05, 4.69) is 5.32 Å². The molecule has 0 atom stereocenters. The van der Waals surface area contributed by atoms with Crippen LogP contribution in [0.5, 0.6) is 0 Å². The van der Waals surface area contributed by atoms with Crippen molar-refractivity contribution in [3.63, 3.8) is 0 Å². The highest BCUT2D eigenvalue weighted by atomic mass is 35.5. The first-order valence-corrected chi connectivity index (χ1v) is 12.1. The second kappa shape index (κ2) is 9.92. The van der Waals surface area contributed by atoms with Gasteiger partial charge in [0, 0.05) is 48.9 Å². The lowest BCUT2D eigenvalue weighted by Gasteiger charge is -2.29. The highest BCUT2D eigenvalue weighted by Crippen LogP contribution is 2.26. The molecule has 5 rings (SSSR count). The second-order valence-electron chi connectivity index (χ2n) is 8.83. The monoisotopic (exact) mass is 491 g/mol. The van der Waals surface area contributed by atoms with E-state index in [-0.39, 0.29) is 30.7 Å². The maximum atomic E-state index is 13.4. The Kier molecular flexibility index (Phi) is 6.55. The van der Waals surface area contributed by atoms with Gasteiger partial charge in [0.1, 0.15) is 0 Å². The molecule has 8 nitrogen and oxygen atoms in total. The van der Waals surface area contributed by atoms with Crippen molar-refractivity contribution in [1.82, 2.24) is 24.9 Å².